The summed E-state index contributed by atoms with van der Waals surface area (Å²) in [4.78, 5) is 33.6. The fourth-order valence-corrected chi connectivity index (χ4v) is 6.90. The zero-order chi connectivity index (χ0) is 41.9. The molecule has 11 heteroatoms. The largest absolute Gasteiger partial charge is 0.480 e. The summed E-state index contributed by atoms with van der Waals surface area (Å²) in [5, 5.41) is 8.90. The normalized spacial score (nSPS) is 14.3. The molecule has 0 aromatic carbocycles. The van der Waals surface area contributed by atoms with E-state index in [1.165, 1.54) is 96.3 Å². The molecule has 0 rings (SSSR count). The molecule has 4 N–H and O–H groups in total. The first-order valence-electron chi connectivity index (χ1n) is 22.7. The Balaban J connectivity index is 4.24. The Hall–Kier alpha value is -2.07. The number of carbonyl (C=O) groups is 2. The fraction of sp³-hybridized carbons (Fsp3) is 0.783. The van der Waals surface area contributed by atoms with Gasteiger partial charge >= 0.3 is 19.8 Å². The van der Waals surface area contributed by atoms with E-state index in [1.807, 2.05) is 0 Å². The second-order valence-corrected chi connectivity index (χ2v) is 16.6. The van der Waals surface area contributed by atoms with Crippen LogP contribution >= 0.6 is 7.82 Å². The first kappa shape index (κ1) is 54.9. The summed E-state index contributed by atoms with van der Waals surface area (Å²) in [6, 6.07) is -1.48. The molecule has 0 heterocycles. The van der Waals surface area contributed by atoms with Gasteiger partial charge in [-0.15, -0.1) is 0 Å². The number of allylic oxidation sites excluding steroid dienone is 8. The Kier molecular flexibility index (Phi) is 40.5. The van der Waals surface area contributed by atoms with Gasteiger partial charge in [0.25, 0.3) is 0 Å². The molecule has 0 saturated heterocycles. The molecule has 0 aromatic rings. The van der Waals surface area contributed by atoms with Gasteiger partial charge in [-0.05, 0) is 51.4 Å². The second-order valence-electron chi connectivity index (χ2n) is 15.2. The number of unbranched alkanes of at least 4 members (excludes halogenated alkanes) is 21. The summed E-state index contributed by atoms with van der Waals surface area (Å²) in [5.74, 6) is -1.80. The second kappa shape index (κ2) is 42.1. The average molecular weight is 826 g/mol. The minimum absolute atomic E-state index is 0.00814. The smallest absolute Gasteiger partial charge is 0.472 e. The van der Waals surface area contributed by atoms with Crippen LogP contribution in [0.25, 0.3) is 0 Å². The highest BCUT2D eigenvalue weighted by Gasteiger charge is 2.27. The Morgan fingerprint density at radius 2 is 1.02 bits per heavy atom. The lowest BCUT2D eigenvalue weighted by atomic mass is 10.0. The summed E-state index contributed by atoms with van der Waals surface area (Å²) in [5.41, 5.74) is 5.36. The van der Waals surface area contributed by atoms with Crippen LogP contribution in [0.1, 0.15) is 194 Å². The average Bonchev–Trinajstić information content (AvgIpc) is 3.19. The van der Waals surface area contributed by atoms with E-state index in [0.29, 0.717) is 13.0 Å². The van der Waals surface area contributed by atoms with Crippen LogP contribution in [0.2, 0.25) is 0 Å². The predicted octanol–water partition coefficient (Wildman–Crippen LogP) is 12.6. The zero-order valence-corrected chi connectivity index (χ0v) is 37.1. The fourth-order valence-electron chi connectivity index (χ4n) is 6.12. The van der Waals surface area contributed by atoms with E-state index < -0.39 is 45.1 Å². The van der Waals surface area contributed by atoms with E-state index in [1.54, 1.807) is 0 Å². The van der Waals surface area contributed by atoms with Crippen molar-refractivity contribution in [3.63, 3.8) is 0 Å². The molecule has 0 amide bonds. The van der Waals surface area contributed by atoms with Crippen LogP contribution in [0.4, 0.5) is 0 Å². The Labute approximate surface area is 348 Å². The van der Waals surface area contributed by atoms with Crippen LogP contribution < -0.4 is 5.73 Å². The van der Waals surface area contributed by atoms with Gasteiger partial charge in [0, 0.05) is 13.0 Å². The molecule has 0 aliphatic carbocycles. The van der Waals surface area contributed by atoms with Crippen molar-refractivity contribution in [3.8, 4) is 0 Å². The number of nitrogens with two attached hydrogens (primary N) is 1. The van der Waals surface area contributed by atoms with Crippen LogP contribution in [-0.2, 0) is 32.7 Å². The van der Waals surface area contributed by atoms with E-state index >= 15 is 0 Å². The van der Waals surface area contributed by atoms with Crippen molar-refractivity contribution in [1.82, 2.24) is 0 Å². The summed E-state index contributed by atoms with van der Waals surface area (Å²) in [7, 11) is -4.62. The molecule has 0 aromatic heterocycles. The van der Waals surface area contributed by atoms with E-state index in [2.05, 4.69) is 62.5 Å². The maximum atomic E-state index is 12.6. The SMILES string of the molecule is CC/C=C\C/C=C\C/C=C\C/C=C\CCCCCCC(=O)OC(COCCCCCCCCCCCCCCCCCCCC)COP(=O)(O)OCC(N)C(=O)O. The van der Waals surface area contributed by atoms with Crippen molar-refractivity contribution in [2.45, 2.75) is 206 Å². The number of rotatable bonds is 43. The molecule has 0 radical (unpaired) electrons. The molecular formula is C46H84NO9P. The van der Waals surface area contributed by atoms with Crippen molar-refractivity contribution >= 4 is 19.8 Å². The van der Waals surface area contributed by atoms with Gasteiger partial charge in [-0.25, -0.2) is 4.57 Å². The number of carboxylic acids is 1. The summed E-state index contributed by atoms with van der Waals surface area (Å²) in [6.45, 7) is 3.76. The third-order valence-electron chi connectivity index (χ3n) is 9.62. The van der Waals surface area contributed by atoms with Gasteiger partial charge in [0.2, 0.25) is 0 Å². The van der Waals surface area contributed by atoms with Gasteiger partial charge in [0.15, 0.2) is 0 Å². The molecule has 3 unspecified atom stereocenters. The molecular weight excluding hydrogens is 741 g/mol. The van der Waals surface area contributed by atoms with Gasteiger partial charge < -0.3 is 25.2 Å². The molecule has 0 aliphatic heterocycles. The molecule has 0 aliphatic rings. The maximum Gasteiger partial charge on any atom is 0.472 e. The molecule has 10 nitrogen and oxygen atoms in total. The quantitative estimate of drug-likeness (QED) is 0.0234. The Bertz CT molecular complexity index is 1090. The van der Waals surface area contributed by atoms with E-state index in [-0.39, 0.29) is 13.0 Å². The molecule has 57 heavy (non-hydrogen) atoms. The van der Waals surface area contributed by atoms with Crippen molar-refractivity contribution in [1.29, 1.82) is 0 Å². The molecule has 332 valence electrons. The first-order chi connectivity index (χ1) is 27.7. The Morgan fingerprint density at radius 3 is 1.53 bits per heavy atom. The molecule has 0 fully saturated rings. The van der Waals surface area contributed by atoms with Crippen LogP contribution in [0.3, 0.4) is 0 Å². The van der Waals surface area contributed by atoms with E-state index in [4.69, 9.17) is 29.4 Å². The number of phosphoric acid groups is 1. The number of carbonyl (C=O) groups excluding carboxylic acids is 1. The monoisotopic (exact) mass is 826 g/mol. The minimum atomic E-state index is -4.62. The molecule has 0 saturated carbocycles. The minimum Gasteiger partial charge on any atom is -0.480 e. The van der Waals surface area contributed by atoms with Gasteiger partial charge in [0.1, 0.15) is 12.1 Å². The summed E-state index contributed by atoms with van der Waals surface area (Å²) < 4.78 is 33.4. The highest BCUT2D eigenvalue weighted by Crippen LogP contribution is 2.43. The first-order valence-corrected chi connectivity index (χ1v) is 24.2. The molecule has 0 bridgehead atoms. The van der Waals surface area contributed by atoms with Gasteiger partial charge in [-0.3, -0.25) is 18.6 Å². The zero-order valence-electron chi connectivity index (χ0n) is 36.2. The topological polar surface area (TPSA) is 155 Å². The highest BCUT2D eigenvalue weighted by atomic mass is 31.2. The van der Waals surface area contributed by atoms with Gasteiger partial charge in [-0.1, -0.05) is 184 Å². The van der Waals surface area contributed by atoms with Crippen molar-refractivity contribution < 1.29 is 42.7 Å². The lowest BCUT2D eigenvalue weighted by Crippen LogP contribution is -2.34. The number of hydrogen-bond donors (Lipinski definition) is 3. The number of phosphoric ester groups is 1. The molecule has 0 spiro atoms. The van der Waals surface area contributed by atoms with E-state index in [9.17, 15) is 19.0 Å². The van der Waals surface area contributed by atoms with Crippen molar-refractivity contribution in [2.75, 3.05) is 26.4 Å². The van der Waals surface area contributed by atoms with Crippen LogP contribution in [0, 0.1) is 0 Å². The van der Waals surface area contributed by atoms with E-state index in [0.717, 1.165) is 70.6 Å². The third kappa shape index (κ3) is 41.9. The number of carboxylic acid groups (broad SMARTS) is 1. The number of esters is 1. The standard InChI is InChI=1S/C46H84NO9P/c1-3-5-7-9-11-13-15-17-19-21-23-25-27-29-31-33-35-37-39-53-40-43(41-54-57(51,52)55-42-44(47)46(49)50)56-45(48)38-36-34-32-30-28-26-24-22-20-18-16-14-12-10-8-6-4-2/h6,8,12,14,18,20,24,26,43-44H,3-5,7,9-11,13,15-17,19,21-23,25,27-42,47H2,1-2H3,(H,49,50)(H,51,52)/b8-6-,14-12-,20-18-,26-24-. The van der Waals surface area contributed by atoms with Crippen LogP contribution in [-0.4, -0.2) is 60.5 Å². The maximum absolute atomic E-state index is 12.6. The summed E-state index contributed by atoms with van der Waals surface area (Å²) in [6.07, 6.45) is 48.8. The highest BCUT2D eigenvalue weighted by molar-refractivity contribution is 7.47. The lowest BCUT2D eigenvalue weighted by Gasteiger charge is -2.20. The lowest BCUT2D eigenvalue weighted by molar-refractivity contribution is -0.154. The predicted molar refractivity (Wildman–Crippen MR) is 235 cm³/mol. The molecule has 3 atom stereocenters. The van der Waals surface area contributed by atoms with Gasteiger partial charge in [-0.2, -0.15) is 0 Å². The van der Waals surface area contributed by atoms with Crippen LogP contribution in [0.5, 0.6) is 0 Å². The van der Waals surface area contributed by atoms with Gasteiger partial charge in [0.05, 0.1) is 19.8 Å². The Morgan fingerprint density at radius 1 is 0.579 bits per heavy atom. The number of hydrogen-bond acceptors (Lipinski definition) is 8. The van der Waals surface area contributed by atoms with Crippen molar-refractivity contribution in [2.24, 2.45) is 5.73 Å². The number of ether oxygens (including phenoxy) is 2. The van der Waals surface area contributed by atoms with Crippen LogP contribution in [0.15, 0.2) is 48.6 Å². The number of aliphatic carboxylic acids is 1. The summed E-state index contributed by atoms with van der Waals surface area (Å²) >= 11 is 0. The third-order valence-corrected chi connectivity index (χ3v) is 10.6. The van der Waals surface area contributed by atoms with Crippen molar-refractivity contribution in [3.05, 3.63) is 48.6 Å².